The van der Waals surface area contributed by atoms with E-state index in [0.717, 1.165) is 24.6 Å². The number of nitriles is 1. The summed E-state index contributed by atoms with van der Waals surface area (Å²) in [7, 11) is 0. The van der Waals surface area contributed by atoms with Crippen LogP contribution in [0.1, 0.15) is 26.5 Å². The molecule has 0 spiro atoms. The fourth-order valence-electron chi connectivity index (χ4n) is 2.58. The molecule has 5 nitrogen and oxygen atoms in total. The Labute approximate surface area is 126 Å². The van der Waals surface area contributed by atoms with Crippen LogP contribution in [0.5, 0.6) is 0 Å². The molecular weight excluding hydrogens is 264 g/mol. The maximum absolute atomic E-state index is 12.4. The predicted octanol–water partition coefficient (Wildman–Crippen LogP) is 1.98. The Kier molecular flexibility index (Phi) is 4.17. The van der Waals surface area contributed by atoms with E-state index >= 15 is 0 Å². The van der Waals surface area contributed by atoms with Gasteiger partial charge in [-0.25, -0.2) is 4.98 Å². The van der Waals surface area contributed by atoms with Crippen LogP contribution in [0.3, 0.4) is 0 Å². The van der Waals surface area contributed by atoms with Gasteiger partial charge in [0.2, 0.25) is 5.91 Å². The third kappa shape index (κ3) is 3.15. The van der Waals surface area contributed by atoms with E-state index in [9.17, 15) is 4.79 Å². The summed E-state index contributed by atoms with van der Waals surface area (Å²) in [4.78, 5) is 21.0. The quantitative estimate of drug-likeness (QED) is 0.834. The SMILES string of the molecule is Cc1cccc(N2CCN(C(=O)C(C)(C)C#N)C(C)C2)n1. The second-order valence-corrected chi connectivity index (χ2v) is 6.17. The number of aromatic nitrogens is 1. The summed E-state index contributed by atoms with van der Waals surface area (Å²) in [5, 5.41) is 9.12. The Balaban J connectivity index is 2.10. The van der Waals surface area contributed by atoms with Crippen molar-refractivity contribution in [1.82, 2.24) is 9.88 Å². The number of nitrogens with zero attached hydrogens (tertiary/aromatic N) is 4. The number of carbonyl (C=O) groups is 1. The highest BCUT2D eigenvalue weighted by Crippen LogP contribution is 2.23. The van der Waals surface area contributed by atoms with E-state index in [1.165, 1.54) is 0 Å². The van der Waals surface area contributed by atoms with Crippen molar-refractivity contribution in [1.29, 1.82) is 5.26 Å². The lowest BCUT2D eigenvalue weighted by Gasteiger charge is -2.42. The minimum atomic E-state index is -0.960. The molecule has 1 aromatic heterocycles. The maximum atomic E-state index is 12.4. The molecule has 2 heterocycles. The van der Waals surface area contributed by atoms with E-state index in [0.29, 0.717) is 6.54 Å². The largest absolute Gasteiger partial charge is 0.353 e. The van der Waals surface area contributed by atoms with E-state index in [1.54, 1.807) is 13.8 Å². The van der Waals surface area contributed by atoms with E-state index in [1.807, 2.05) is 36.9 Å². The number of carbonyl (C=O) groups excluding carboxylic acids is 1. The van der Waals surface area contributed by atoms with Gasteiger partial charge in [-0.3, -0.25) is 4.79 Å². The molecular formula is C16H22N4O. The highest BCUT2D eigenvalue weighted by atomic mass is 16.2. The van der Waals surface area contributed by atoms with Gasteiger partial charge in [0.1, 0.15) is 11.2 Å². The highest BCUT2D eigenvalue weighted by Gasteiger charge is 2.36. The minimum Gasteiger partial charge on any atom is -0.353 e. The van der Waals surface area contributed by atoms with E-state index < -0.39 is 5.41 Å². The van der Waals surface area contributed by atoms with Gasteiger partial charge in [-0.15, -0.1) is 0 Å². The highest BCUT2D eigenvalue weighted by molar-refractivity contribution is 5.85. The number of hydrogen-bond donors (Lipinski definition) is 0. The number of amides is 1. The Bertz CT molecular complexity index is 576. The van der Waals surface area contributed by atoms with Gasteiger partial charge in [-0.05, 0) is 39.8 Å². The molecule has 1 fully saturated rings. The normalized spacial score (nSPS) is 19.3. The van der Waals surface area contributed by atoms with Gasteiger partial charge in [0.15, 0.2) is 0 Å². The summed E-state index contributed by atoms with van der Waals surface area (Å²) in [5.74, 6) is 0.864. The smallest absolute Gasteiger partial charge is 0.242 e. The molecule has 1 unspecified atom stereocenters. The summed E-state index contributed by atoms with van der Waals surface area (Å²) < 4.78 is 0. The van der Waals surface area contributed by atoms with Crippen molar-refractivity contribution in [2.75, 3.05) is 24.5 Å². The molecule has 1 amide bonds. The zero-order valence-corrected chi connectivity index (χ0v) is 13.1. The van der Waals surface area contributed by atoms with Crippen molar-refractivity contribution in [3.05, 3.63) is 23.9 Å². The number of piperazine rings is 1. The van der Waals surface area contributed by atoms with Crippen LogP contribution in [0.25, 0.3) is 0 Å². The number of hydrogen-bond acceptors (Lipinski definition) is 4. The third-order valence-electron chi connectivity index (χ3n) is 3.90. The molecule has 112 valence electrons. The first-order valence-electron chi connectivity index (χ1n) is 7.26. The molecule has 1 aliphatic rings. The van der Waals surface area contributed by atoms with Gasteiger partial charge in [0.25, 0.3) is 0 Å². The summed E-state index contributed by atoms with van der Waals surface area (Å²) in [6.45, 7) is 9.46. The summed E-state index contributed by atoms with van der Waals surface area (Å²) in [6, 6.07) is 8.13. The van der Waals surface area contributed by atoms with Gasteiger partial charge in [0, 0.05) is 31.4 Å². The molecule has 0 aliphatic carbocycles. The first-order chi connectivity index (χ1) is 9.85. The van der Waals surface area contributed by atoms with Crippen molar-refractivity contribution in [2.45, 2.75) is 33.7 Å². The molecule has 1 aliphatic heterocycles. The van der Waals surface area contributed by atoms with Crippen molar-refractivity contribution in [3.63, 3.8) is 0 Å². The van der Waals surface area contributed by atoms with Crippen molar-refractivity contribution in [3.8, 4) is 6.07 Å². The lowest BCUT2D eigenvalue weighted by molar-refractivity contribution is -0.140. The number of rotatable bonds is 2. The Hall–Kier alpha value is -2.09. The predicted molar refractivity (Wildman–Crippen MR) is 81.8 cm³/mol. The van der Waals surface area contributed by atoms with Crippen molar-refractivity contribution < 1.29 is 4.79 Å². The van der Waals surface area contributed by atoms with Crippen molar-refractivity contribution >= 4 is 11.7 Å². The lowest BCUT2D eigenvalue weighted by atomic mass is 9.92. The van der Waals surface area contributed by atoms with Crippen LogP contribution in [-0.2, 0) is 4.79 Å². The molecule has 0 N–H and O–H groups in total. The topological polar surface area (TPSA) is 60.2 Å². The molecule has 5 heteroatoms. The van der Waals surface area contributed by atoms with Gasteiger partial charge in [0.05, 0.1) is 6.07 Å². The van der Waals surface area contributed by atoms with Crippen molar-refractivity contribution in [2.24, 2.45) is 5.41 Å². The molecule has 1 atom stereocenters. The van der Waals surface area contributed by atoms with E-state index in [4.69, 9.17) is 5.26 Å². The molecule has 0 radical (unpaired) electrons. The molecule has 2 rings (SSSR count). The van der Waals surface area contributed by atoms with Crippen LogP contribution in [-0.4, -0.2) is 41.5 Å². The molecule has 0 saturated carbocycles. The zero-order chi connectivity index (χ0) is 15.6. The minimum absolute atomic E-state index is 0.0705. The molecule has 1 aromatic rings. The number of aryl methyl sites for hydroxylation is 1. The fourth-order valence-corrected chi connectivity index (χ4v) is 2.58. The summed E-state index contributed by atoms with van der Waals surface area (Å²) in [5.41, 5.74) is 0.0298. The monoisotopic (exact) mass is 286 g/mol. The molecule has 21 heavy (non-hydrogen) atoms. The lowest BCUT2D eigenvalue weighted by Crippen LogP contribution is -2.56. The second kappa shape index (κ2) is 5.72. The number of anilines is 1. The zero-order valence-electron chi connectivity index (χ0n) is 13.1. The van der Waals surface area contributed by atoms with Crippen LogP contribution < -0.4 is 4.90 Å². The Morgan fingerprint density at radius 2 is 2.14 bits per heavy atom. The van der Waals surface area contributed by atoms with Crippen LogP contribution in [0.4, 0.5) is 5.82 Å². The average Bonchev–Trinajstić information content (AvgIpc) is 2.46. The Morgan fingerprint density at radius 1 is 1.43 bits per heavy atom. The maximum Gasteiger partial charge on any atom is 0.242 e. The first kappa shape index (κ1) is 15.3. The summed E-state index contributed by atoms with van der Waals surface area (Å²) in [6.07, 6.45) is 0. The van der Waals surface area contributed by atoms with Crippen LogP contribution in [0.2, 0.25) is 0 Å². The fraction of sp³-hybridized carbons (Fsp3) is 0.562. The van der Waals surface area contributed by atoms with Gasteiger partial charge < -0.3 is 9.80 Å². The Morgan fingerprint density at radius 3 is 2.71 bits per heavy atom. The average molecular weight is 286 g/mol. The first-order valence-corrected chi connectivity index (χ1v) is 7.26. The number of pyridine rings is 1. The molecule has 1 saturated heterocycles. The summed E-state index contributed by atoms with van der Waals surface area (Å²) >= 11 is 0. The van der Waals surface area contributed by atoms with Gasteiger partial charge in [-0.2, -0.15) is 5.26 Å². The van der Waals surface area contributed by atoms with Gasteiger partial charge >= 0.3 is 0 Å². The van der Waals surface area contributed by atoms with Crippen LogP contribution in [0, 0.1) is 23.7 Å². The second-order valence-electron chi connectivity index (χ2n) is 6.17. The van der Waals surface area contributed by atoms with Crippen LogP contribution in [0.15, 0.2) is 18.2 Å². The third-order valence-corrected chi connectivity index (χ3v) is 3.90. The van der Waals surface area contributed by atoms with Gasteiger partial charge in [-0.1, -0.05) is 6.07 Å². The van der Waals surface area contributed by atoms with E-state index in [-0.39, 0.29) is 11.9 Å². The van der Waals surface area contributed by atoms with Crippen LogP contribution >= 0.6 is 0 Å². The van der Waals surface area contributed by atoms with E-state index in [2.05, 4.69) is 16.0 Å². The standard InChI is InChI=1S/C16H22N4O/c1-12-6-5-7-14(18-12)19-8-9-20(13(2)10-19)15(21)16(3,4)11-17/h5-7,13H,8-10H2,1-4H3. The molecule has 0 bridgehead atoms. The molecule has 0 aromatic carbocycles.